The van der Waals surface area contributed by atoms with Crippen LogP contribution < -0.4 is 4.74 Å². The maximum absolute atomic E-state index is 11.4. The molecule has 0 aliphatic carbocycles. The molecule has 104 valence electrons. The highest BCUT2D eigenvalue weighted by molar-refractivity contribution is 5.95. The van der Waals surface area contributed by atoms with Gasteiger partial charge >= 0.3 is 0 Å². The minimum absolute atomic E-state index is 0.0638. The summed E-state index contributed by atoms with van der Waals surface area (Å²) in [6, 6.07) is 5.45. The van der Waals surface area contributed by atoms with E-state index in [-0.39, 0.29) is 12.1 Å². The first-order valence-electron chi connectivity index (χ1n) is 6.63. The second kappa shape index (κ2) is 7.62. The van der Waals surface area contributed by atoms with Crippen molar-refractivity contribution in [2.24, 2.45) is 0 Å². The van der Waals surface area contributed by atoms with Crippen LogP contribution in [0.1, 0.15) is 49.0 Å². The maximum atomic E-state index is 11.4. The van der Waals surface area contributed by atoms with Crippen LogP contribution in [0.5, 0.6) is 5.75 Å². The molecule has 0 bridgehead atoms. The molecular formula is C16H22O3. The molecular weight excluding hydrogens is 240 g/mol. The van der Waals surface area contributed by atoms with E-state index < -0.39 is 0 Å². The van der Waals surface area contributed by atoms with E-state index in [1.54, 1.807) is 19.1 Å². The largest absolute Gasteiger partial charge is 0.463 e. The SMILES string of the molecule is C=COC(CCCC)Oc1ccc(C(C)=O)c(C)c1. The molecule has 0 saturated carbocycles. The number of rotatable bonds is 8. The van der Waals surface area contributed by atoms with E-state index in [0.29, 0.717) is 5.75 Å². The Balaban J connectivity index is 2.76. The summed E-state index contributed by atoms with van der Waals surface area (Å²) in [6.45, 7) is 9.14. The Kier molecular flexibility index (Phi) is 6.13. The van der Waals surface area contributed by atoms with Crippen LogP contribution >= 0.6 is 0 Å². The van der Waals surface area contributed by atoms with Gasteiger partial charge in [-0.3, -0.25) is 4.79 Å². The predicted octanol–water partition coefficient (Wildman–Crippen LogP) is 4.25. The Bertz CT molecular complexity index is 438. The zero-order valence-corrected chi connectivity index (χ0v) is 11.9. The molecule has 19 heavy (non-hydrogen) atoms. The van der Waals surface area contributed by atoms with Crippen molar-refractivity contribution in [1.82, 2.24) is 0 Å². The summed E-state index contributed by atoms with van der Waals surface area (Å²) in [4.78, 5) is 11.4. The second-order valence-corrected chi connectivity index (χ2v) is 4.53. The normalized spacial score (nSPS) is 11.7. The number of hydrogen-bond donors (Lipinski definition) is 0. The van der Waals surface area contributed by atoms with Crippen LogP contribution in [0.25, 0.3) is 0 Å². The molecule has 0 radical (unpaired) electrons. The molecule has 3 nitrogen and oxygen atoms in total. The van der Waals surface area contributed by atoms with Crippen LogP contribution in [-0.2, 0) is 4.74 Å². The molecule has 0 N–H and O–H groups in total. The summed E-state index contributed by atoms with van der Waals surface area (Å²) in [6.07, 6.45) is 4.01. The first-order chi connectivity index (χ1) is 9.08. The molecule has 0 spiro atoms. The number of unbranched alkanes of at least 4 members (excludes halogenated alkanes) is 1. The van der Waals surface area contributed by atoms with Gasteiger partial charge in [-0.05, 0) is 44.0 Å². The highest BCUT2D eigenvalue weighted by Gasteiger charge is 2.11. The molecule has 0 amide bonds. The highest BCUT2D eigenvalue weighted by atomic mass is 16.7. The quantitative estimate of drug-likeness (QED) is 0.399. The van der Waals surface area contributed by atoms with Crippen molar-refractivity contribution in [1.29, 1.82) is 0 Å². The minimum atomic E-state index is -0.319. The molecule has 1 rings (SSSR count). The summed E-state index contributed by atoms with van der Waals surface area (Å²) in [5, 5.41) is 0. The van der Waals surface area contributed by atoms with Crippen molar-refractivity contribution < 1.29 is 14.3 Å². The molecule has 0 aromatic heterocycles. The zero-order valence-electron chi connectivity index (χ0n) is 11.9. The lowest BCUT2D eigenvalue weighted by molar-refractivity contribution is -0.0357. The van der Waals surface area contributed by atoms with Gasteiger partial charge in [-0.15, -0.1) is 0 Å². The topological polar surface area (TPSA) is 35.5 Å². The van der Waals surface area contributed by atoms with Crippen molar-refractivity contribution in [2.75, 3.05) is 0 Å². The third kappa shape index (κ3) is 4.78. The maximum Gasteiger partial charge on any atom is 0.240 e. The molecule has 0 heterocycles. The second-order valence-electron chi connectivity index (χ2n) is 4.53. The van der Waals surface area contributed by atoms with Crippen molar-refractivity contribution in [2.45, 2.75) is 46.3 Å². The van der Waals surface area contributed by atoms with Crippen LogP contribution in [0.4, 0.5) is 0 Å². The van der Waals surface area contributed by atoms with Gasteiger partial charge in [0.15, 0.2) is 5.78 Å². The van der Waals surface area contributed by atoms with Crippen LogP contribution in [0.2, 0.25) is 0 Å². The van der Waals surface area contributed by atoms with Crippen molar-refractivity contribution in [3.63, 3.8) is 0 Å². The number of aryl methyl sites for hydroxylation is 1. The standard InChI is InChI=1S/C16H22O3/c1-5-7-8-16(18-6-2)19-14-9-10-15(13(4)17)12(3)11-14/h6,9-11,16H,2,5,7-8H2,1,3-4H3. The number of benzene rings is 1. The molecule has 1 aromatic rings. The Morgan fingerprint density at radius 1 is 1.47 bits per heavy atom. The van der Waals surface area contributed by atoms with E-state index in [1.165, 1.54) is 6.26 Å². The highest BCUT2D eigenvalue weighted by Crippen LogP contribution is 2.20. The van der Waals surface area contributed by atoms with E-state index >= 15 is 0 Å². The number of Topliss-reactive ketones (excluding diaryl/α,β-unsaturated/α-hetero) is 1. The average Bonchev–Trinajstić information content (AvgIpc) is 2.36. The minimum Gasteiger partial charge on any atom is -0.463 e. The fraction of sp³-hybridized carbons (Fsp3) is 0.438. The van der Waals surface area contributed by atoms with Crippen LogP contribution in [0.15, 0.2) is 31.0 Å². The summed E-state index contributed by atoms with van der Waals surface area (Å²) in [7, 11) is 0. The smallest absolute Gasteiger partial charge is 0.240 e. The van der Waals surface area contributed by atoms with E-state index in [9.17, 15) is 4.79 Å². The van der Waals surface area contributed by atoms with Crippen molar-refractivity contribution >= 4 is 5.78 Å². The molecule has 1 aromatic carbocycles. The lowest BCUT2D eigenvalue weighted by atomic mass is 10.1. The lowest BCUT2D eigenvalue weighted by Crippen LogP contribution is -2.18. The van der Waals surface area contributed by atoms with Gasteiger partial charge in [0.2, 0.25) is 6.29 Å². The molecule has 1 atom stereocenters. The third-order valence-electron chi connectivity index (χ3n) is 2.89. The first kappa shape index (κ1) is 15.3. The lowest BCUT2D eigenvalue weighted by Gasteiger charge is -2.18. The predicted molar refractivity (Wildman–Crippen MR) is 76.4 cm³/mol. The van der Waals surface area contributed by atoms with Crippen LogP contribution in [0.3, 0.4) is 0 Å². The molecule has 3 heteroatoms. The molecule has 0 saturated heterocycles. The summed E-state index contributed by atoms with van der Waals surface area (Å²) >= 11 is 0. The Labute approximate surface area is 115 Å². The zero-order chi connectivity index (χ0) is 14.3. The number of ether oxygens (including phenoxy) is 2. The first-order valence-corrected chi connectivity index (χ1v) is 6.63. The number of hydrogen-bond acceptors (Lipinski definition) is 3. The van der Waals surface area contributed by atoms with Gasteiger partial charge in [0.05, 0.1) is 6.26 Å². The summed E-state index contributed by atoms with van der Waals surface area (Å²) in [5.74, 6) is 0.777. The van der Waals surface area contributed by atoms with Gasteiger partial charge < -0.3 is 9.47 Å². The summed E-state index contributed by atoms with van der Waals surface area (Å²) in [5.41, 5.74) is 1.64. The van der Waals surface area contributed by atoms with Gasteiger partial charge in [0.25, 0.3) is 0 Å². The third-order valence-corrected chi connectivity index (χ3v) is 2.89. The summed E-state index contributed by atoms with van der Waals surface area (Å²) < 4.78 is 11.1. The van der Waals surface area contributed by atoms with Gasteiger partial charge in [-0.2, -0.15) is 0 Å². The number of ketones is 1. The van der Waals surface area contributed by atoms with E-state index in [0.717, 1.165) is 30.4 Å². The molecule has 0 aliphatic rings. The Morgan fingerprint density at radius 3 is 2.74 bits per heavy atom. The average molecular weight is 262 g/mol. The van der Waals surface area contributed by atoms with E-state index in [1.807, 2.05) is 13.0 Å². The Morgan fingerprint density at radius 2 is 2.21 bits per heavy atom. The number of carbonyl (C=O) groups is 1. The number of carbonyl (C=O) groups excluding carboxylic acids is 1. The molecule has 1 unspecified atom stereocenters. The van der Waals surface area contributed by atoms with E-state index in [2.05, 4.69) is 13.5 Å². The monoisotopic (exact) mass is 262 g/mol. The van der Waals surface area contributed by atoms with Crippen molar-refractivity contribution in [3.8, 4) is 5.75 Å². The Hall–Kier alpha value is -1.77. The van der Waals surface area contributed by atoms with Gasteiger partial charge in [0, 0.05) is 12.0 Å². The van der Waals surface area contributed by atoms with Gasteiger partial charge in [-0.1, -0.05) is 19.9 Å². The van der Waals surface area contributed by atoms with Gasteiger partial charge in [0.1, 0.15) is 5.75 Å². The molecule has 0 aliphatic heterocycles. The fourth-order valence-corrected chi connectivity index (χ4v) is 1.89. The van der Waals surface area contributed by atoms with Crippen LogP contribution in [0, 0.1) is 6.92 Å². The molecule has 0 fully saturated rings. The van der Waals surface area contributed by atoms with E-state index in [4.69, 9.17) is 9.47 Å². The van der Waals surface area contributed by atoms with Gasteiger partial charge in [-0.25, -0.2) is 0 Å². The van der Waals surface area contributed by atoms with Crippen LogP contribution in [-0.4, -0.2) is 12.1 Å². The van der Waals surface area contributed by atoms with Crippen molar-refractivity contribution in [3.05, 3.63) is 42.2 Å². The fourth-order valence-electron chi connectivity index (χ4n) is 1.89.